The first-order valence-corrected chi connectivity index (χ1v) is 6.28. The van der Waals surface area contributed by atoms with Crippen molar-refractivity contribution in [2.45, 2.75) is 25.4 Å². The summed E-state index contributed by atoms with van der Waals surface area (Å²) in [5.41, 5.74) is 4.97. The fourth-order valence-corrected chi connectivity index (χ4v) is 1.87. The molecule has 0 spiro atoms. The van der Waals surface area contributed by atoms with Crippen molar-refractivity contribution < 1.29 is 4.79 Å². The highest BCUT2D eigenvalue weighted by Crippen LogP contribution is 2.31. The van der Waals surface area contributed by atoms with Gasteiger partial charge in [-0.3, -0.25) is 18.7 Å². The molecule has 2 rings (SSSR count). The number of carbonyl (C=O) groups excluding carboxylic acids is 1. The van der Waals surface area contributed by atoms with Crippen LogP contribution in [-0.4, -0.2) is 27.6 Å². The zero-order valence-electron chi connectivity index (χ0n) is 10.8. The molecule has 1 heterocycles. The third-order valence-corrected chi connectivity index (χ3v) is 3.34. The van der Waals surface area contributed by atoms with Gasteiger partial charge in [0.25, 0.3) is 5.56 Å². The highest BCUT2D eigenvalue weighted by Gasteiger charge is 2.28. The van der Waals surface area contributed by atoms with E-state index in [1.165, 1.54) is 23.9 Å². The molecule has 1 aliphatic carbocycles. The first-order chi connectivity index (χ1) is 8.99. The van der Waals surface area contributed by atoms with Crippen molar-refractivity contribution in [2.75, 3.05) is 6.54 Å². The van der Waals surface area contributed by atoms with E-state index in [-0.39, 0.29) is 18.5 Å². The predicted octanol–water partition coefficient (Wildman–Crippen LogP) is -1.60. The number of nitrogens with one attached hydrogen (secondary N) is 1. The standard InChI is InChI=1S/C12H18N4O3/c1-15-11(18)4-5-16(12(15)19)7-10(17)14-6-9(13)8-2-3-8/h4-5,8-9H,2-3,6-7,13H2,1H3,(H,14,17). The number of aromatic nitrogens is 2. The van der Waals surface area contributed by atoms with Gasteiger partial charge in [-0.25, -0.2) is 4.79 Å². The van der Waals surface area contributed by atoms with Gasteiger partial charge < -0.3 is 11.1 Å². The Morgan fingerprint density at radius 2 is 2.21 bits per heavy atom. The van der Waals surface area contributed by atoms with Crippen molar-refractivity contribution in [1.82, 2.24) is 14.5 Å². The largest absolute Gasteiger partial charge is 0.353 e. The Morgan fingerprint density at radius 3 is 2.84 bits per heavy atom. The van der Waals surface area contributed by atoms with Gasteiger partial charge in [0, 0.05) is 31.9 Å². The molecule has 1 saturated carbocycles. The SMILES string of the molecule is Cn1c(=O)ccn(CC(=O)NCC(N)C2CC2)c1=O. The van der Waals surface area contributed by atoms with Crippen LogP contribution in [0, 0.1) is 5.92 Å². The van der Waals surface area contributed by atoms with Crippen molar-refractivity contribution in [1.29, 1.82) is 0 Å². The van der Waals surface area contributed by atoms with E-state index in [2.05, 4.69) is 5.32 Å². The number of nitrogens with two attached hydrogens (primary N) is 1. The molecule has 7 heteroatoms. The Morgan fingerprint density at radius 1 is 1.53 bits per heavy atom. The highest BCUT2D eigenvalue weighted by molar-refractivity contribution is 5.75. The molecule has 1 aliphatic rings. The molecule has 0 bridgehead atoms. The fraction of sp³-hybridized carbons (Fsp3) is 0.583. The Bertz CT molecular complexity index is 585. The minimum atomic E-state index is -0.505. The van der Waals surface area contributed by atoms with Gasteiger partial charge in [-0.05, 0) is 18.8 Å². The van der Waals surface area contributed by atoms with Gasteiger partial charge in [0.05, 0.1) is 0 Å². The van der Waals surface area contributed by atoms with Gasteiger partial charge in [-0.2, -0.15) is 0 Å². The van der Waals surface area contributed by atoms with E-state index in [0.29, 0.717) is 12.5 Å². The van der Waals surface area contributed by atoms with E-state index in [1.807, 2.05) is 0 Å². The molecule has 1 fully saturated rings. The van der Waals surface area contributed by atoms with Crippen LogP contribution in [0.3, 0.4) is 0 Å². The third-order valence-electron chi connectivity index (χ3n) is 3.34. The second kappa shape index (κ2) is 5.40. The van der Waals surface area contributed by atoms with Crippen LogP contribution in [0.15, 0.2) is 21.9 Å². The van der Waals surface area contributed by atoms with E-state index in [4.69, 9.17) is 5.73 Å². The normalized spacial score (nSPS) is 16.1. The van der Waals surface area contributed by atoms with Crippen LogP contribution in [0.1, 0.15) is 12.8 Å². The lowest BCUT2D eigenvalue weighted by molar-refractivity contribution is -0.121. The summed E-state index contributed by atoms with van der Waals surface area (Å²) in [5, 5.41) is 2.70. The zero-order valence-corrected chi connectivity index (χ0v) is 10.8. The molecule has 1 aromatic heterocycles. The Balaban J connectivity index is 1.93. The highest BCUT2D eigenvalue weighted by atomic mass is 16.2. The maximum atomic E-state index is 11.7. The molecule has 1 amide bonds. The monoisotopic (exact) mass is 266 g/mol. The van der Waals surface area contributed by atoms with Gasteiger partial charge in [-0.15, -0.1) is 0 Å². The van der Waals surface area contributed by atoms with Crippen LogP contribution in [-0.2, 0) is 18.4 Å². The van der Waals surface area contributed by atoms with Crippen molar-refractivity contribution in [3.63, 3.8) is 0 Å². The summed E-state index contributed by atoms with van der Waals surface area (Å²) in [6.45, 7) is 0.314. The lowest BCUT2D eigenvalue weighted by atomic mass is 10.2. The molecule has 1 aromatic rings. The summed E-state index contributed by atoms with van der Waals surface area (Å²) in [4.78, 5) is 34.6. The number of amides is 1. The van der Waals surface area contributed by atoms with E-state index < -0.39 is 11.2 Å². The number of rotatable bonds is 5. The summed E-state index contributed by atoms with van der Waals surface area (Å²) in [5.74, 6) is 0.234. The Kier molecular flexibility index (Phi) is 3.84. The van der Waals surface area contributed by atoms with Gasteiger partial charge in [0.15, 0.2) is 0 Å². The van der Waals surface area contributed by atoms with E-state index in [1.54, 1.807) is 0 Å². The van der Waals surface area contributed by atoms with Crippen LogP contribution in [0.2, 0.25) is 0 Å². The van der Waals surface area contributed by atoms with Crippen LogP contribution in [0.5, 0.6) is 0 Å². The summed E-state index contributed by atoms with van der Waals surface area (Å²) in [6.07, 6.45) is 3.57. The molecule has 0 radical (unpaired) electrons. The minimum absolute atomic E-state index is 0.0131. The van der Waals surface area contributed by atoms with E-state index >= 15 is 0 Å². The second-order valence-electron chi connectivity index (χ2n) is 4.93. The molecular weight excluding hydrogens is 248 g/mol. The molecule has 1 unspecified atom stereocenters. The summed E-state index contributed by atoms with van der Waals surface area (Å²) in [7, 11) is 1.38. The number of carbonyl (C=O) groups is 1. The van der Waals surface area contributed by atoms with Gasteiger partial charge in [0.2, 0.25) is 5.91 Å². The van der Waals surface area contributed by atoms with Crippen LogP contribution < -0.4 is 22.3 Å². The van der Waals surface area contributed by atoms with Crippen molar-refractivity contribution in [2.24, 2.45) is 18.7 Å². The lowest BCUT2D eigenvalue weighted by Crippen LogP contribution is -2.43. The van der Waals surface area contributed by atoms with Gasteiger partial charge in [0.1, 0.15) is 6.54 Å². The molecule has 7 nitrogen and oxygen atoms in total. The molecule has 0 aliphatic heterocycles. The maximum absolute atomic E-state index is 11.7. The Hall–Kier alpha value is -1.89. The smallest absolute Gasteiger partial charge is 0.331 e. The summed E-state index contributed by atoms with van der Waals surface area (Å²) in [6, 6.07) is 1.24. The molecule has 1 atom stereocenters. The van der Waals surface area contributed by atoms with Gasteiger partial charge in [-0.1, -0.05) is 0 Å². The average Bonchev–Trinajstić information content (AvgIpc) is 3.21. The average molecular weight is 266 g/mol. The predicted molar refractivity (Wildman–Crippen MR) is 69.7 cm³/mol. The lowest BCUT2D eigenvalue weighted by Gasteiger charge is -2.12. The van der Waals surface area contributed by atoms with Crippen molar-refractivity contribution >= 4 is 5.91 Å². The number of hydrogen-bond donors (Lipinski definition) is 2. The first kappa shape index (κ1) is 13.5. The Labute approximate surface area is 110 Å². The fourth-order valence-electron chi connectivity index (χ4n) is 1.87. The quantitative estimate of drug-likeness (QED) is 0.670. The molecule has 0 aromatic carbocycles. The summed E-state index contributed by atoms with van der Waals surface area (Å²) < 4.78 is 2.16. The topological polar surface area (TPSA) is 99.1 Å². The third kappa shape index (κ3) is 3.31. The second-order valence-corrected chi connectivity index (χ2v) is 4.93. The van der Waals surface area contributed by atoms with E-state index in [0.717, 1.165) is 17.4 Å². The van der Waals surface area contributed by atoms with Crippen molar-refractivity contribution in [3.05, 3.63) is 33.1 Å². The molecule has 104 valence electrons. The van der Waals surface area contributed by atoms with Crippen LogP contribution in [0.25, 0.3) is 0 Å². The number of hydrogen-bond acceptors (Lipinski definition) is 4. The molecule has 0 saturated heterocycles. The first-order valence-electron chi connectivity index (χ1n) is 6.28. The van der Waals surface area contributed by atoms with Crippen LogP contribution in [0.4, 0.5) is 0 Å². The summed E-state index contributed by atoms with van der Waals surface area (Å²) >= 11 is 0. The van der Waals surface area contributed by atoms with E-state index in [9.17, 15) is 14.4 Å². The molecule has 3 N–H and O–H groups in total. The van der Waals surface area contributed by atoms with Crippen LogP contribution >= 0.6 is 0 Å². The zero-order chi connectivity index (χ0) is 14.0. The number of nitrogens with zero attached hydrogens (tertiary/aromatic N) is 2. The maximum Gasteiger partial charge on any atom is 0.331 e. The van der Waals surface area contributed by atoms with Gasteiger partial charge >= 0.3 is 5.69 Å². The minimum Gasteiger partial charge on any atom is -0.353 e. The molecular formula is C12H18N4O3. The molecule has 19 heavy (non-hydrogen) atoms. The van der Waals surface area contributed by atoms with Crippen molar-refractivity contribution in [3.8, 4) is 0 Å².